The fourth-order valence-corrected chi connectivity index (χ4v) is 3.12. The Morgan fingerprint density at radius 1 is 1.18 bits per heavy atom. The molecule has 3 rings (SSSR count). The van der Waals surface area contributed by atoms with E-state index in [1.807, 2.05) is 30.3 Å². The molecule has 0 amide bonds. The van der Waals surface area contributed by atoms with Gasteiger partial charge >= 0.3 is 5.97 Å². The topological polar surface area (TPSA) is 55.0 Å². The Morgan fingerprint density at radius 2 is 1.95 bits per heavy atom. The minimum atomic E-state index is -1.18. The van der Waals surface area contributed by atoms with Gasteiger partial charge in [-0.3, -0.25) is 5.10 Å². The van der Waals surface area contributed by atoms with E-state index < -0.39 is 8.07 Å². The van der Waals surface area contributed by atoms with Crippen molar-refractivity contribution in [2.75, 3.05) is 6.61 Å². The third-order valence-corrected chi connectivity index (χ3v) is 5.46. The zero-order chi connectivity index (χ0) is 15.7. The van der Waals surface area contributed by atoms with Gasteiger partial charge in [-0.1, -0.05) is 37.8 Å². The second-order valence-corrected chi connectivity index (χ2v) is 12.4. The molecule has 1 N–H and O–H groups in total. The van der Waals surface area contributed by atoms with Crippen LogP contribution in [0, 0.1) is 0 Å². The van der Waals surface area contributed by atoms with E-state index in [1.54, 1.807) is 6.20 Å². The van der Waals surface area contributed by atoms with Gasteiger partial charge in [0.15, 0.2) is 0 Å². The fourth-order valence-electron chi connectivity index (χ4n) is 2.41. The van der Waals surface area contributed by atoms with E-state index in [0.29, 0.717) is 12.2 Å². The van der Waals surface area contributed by atoms with Crippen molar-refractivity contribution in [3.05, 3.63) is 42.1 Å². The highest BCUT2D eigenvalue weighted by atomic mass is 28.3. The van der Waals surface area contributed by atoms with Gasteiger partial charge in [0.1, 0.15) is 0 Å². The molecule has 1 aromatic heterocycles. The molecule has 0 spiro atoms. The van der Waals surface area contributed by atoms with E-state index in [2.05, 4.69) is 29.8 Å². The lowest BCUT2D eigenvalue weighted by atomic mass is 10.0. The molecule has 0 unspecified atom stereocenters. The number of hydrogen-bond donors (Lipinski definition) is 1. The number of fused-ring (bicyclic) bond motifs is 3. The Morgan fingerprint density at radius 3 is 2.73 bits per heavy atom. The molecule has 5 heteroatoms. The monoisotopic (exact) mass is 312 g/mol. The van der Waals surface area contributed by atoms with E-state index >= 15 is 0 Å². The van der Waals surface area contributed by atoms with Gasteiger partial charge in [0.25, 0.3) is 0 Å². The Hall–Kier alpha value is -2.14. The van der Waals surface area contributed by atoms with Crippen molar-refractivity contribution in [2.45, 2.75) is 25.7 Å². The molecule has 114 valence electrons. The van der Waals surface area contributed by atoms with Crippen LogP contribution in [0.15, 0.2) is 36.5 Å². The normalized spacial score (nSPS) is 12.0. The molecule has 0 aliphatic rings. The molecule has 4 nitrogen and oxygen atoms in total. The summed E-state index contributed by atoms with van der Waals surface area (Å²) in [5.74, 6) is -0.246. The van der Waals surface area contributed by atoms with Crippen molar-refractivity contribution < 1.29 is 9.53 Å². The lowest BCUT2D eigenvalue weighted by Gasteiger charge is -2.15. The molecule has 2 aromatic carbocycles. The highest BCUT2D eigenvalue weighted by Crippen LogP contribution is 2.24. The Balaban J connectivity index is 1.82. The van der Waals surface area contributed by atoms with Gasteiger partial charge in [-0.05, 0) is 23.6 Å². The van der Waals surface area contributed by atoms with Crippen LogP contribution in [-0.4, -0.2) is 30.8 Å². The van der Waals surface area contributed by atoms with Crippen LogP contribution in [-0.2, 0) is 4.74 Å². The number of aromatic amines is 1. The lowest BCUT2D eigenvalue weighted by molar-refractivity contribution is 0.0525. The predicted octanol–water partition coefficient (Wildman–Crippen LogP) is 4.21. The third kappa shape index (κ3) is 3.04. The van der Waals surface area contributed by atoms with Gasteiger partial charge < -0.3 is 4.74 Å². The summed E-state index contributed by atoms with van der Waals surface area (Å²) in [7, 11) is -1.18. The number of esters is 1. The molecule has 22 heavy (non-hydrogen) atoms. The van der Waals surface area contributed by atoms with Crippen LogP contribution in [0.4, 0.5) is 0 Å². The minimum absolute atomic E-state index is 0.246. The zero-order valence-corrected chi connectivity index (χ0v) is 14.1. The number of nitrogens with one attached hydrogen (secondary N) is 1. The second-order valence-electron chi connectivity index (χ2n) is 6.78. The summed E-state index contributed by atoms with van der Waals surface area (Å²) >= 11 is 0. The first-order valence-electron chi connectivity index (χ1n) is 7.47. The smallest absolute Gasteiger partial charge is 0.338 e. The molecule has 0 aliphatic heterocycles. The number of rotatable bonds is 4. The standard InChI is InChI=1S/C17H20N2O2Si/c1-22(2,3)9-8-21-17(20)13-6-7-15-12(10-13)4-5-14-11-18-19-16(14)15/h4-7,10-11H,8-9H2,1-3H3,(H,18,19). The molecule has 1 heterocycles. The van der Waals surface area contributed by atoms with Crippen LogP contribution in [0.25, 0.3) is 21.7 Å². The summed E-state index contributed by atoms with van der Waals surface area (Å²) in [6, 6.07) is 10.6. The molecule has 3 aromatic rings. The summed E-state index contributed by atoms with van der Waals surface area (Å²) in [4.78, 5) is 12.2. The van der Waals surface area contributed by atoms with Crippen LogP contribution in [0.3, 0.4) is 0 Å². The van der Waals surface area contributed by atoms with Gasteiger partial charge in [0, 0.05) is 18.8 Å². The van der Waals surface area contributed by atoms with Gasteiger partial charge in [-0.25, -0.2) is 4.79 Å². The second kappa shape index (κ2) is 5.57. The van der Waals surface area contributed by atoms with Crippen molar-refractivity contribution in [3.63, 3.8) is 0 Å². The maximum Gasteiger partial charge on any atom is 0.338 e. The summed E-state index contributed by atoms with van der Waals surface area (Å²) in [5.41, 5.74) is 1.60. The molecule has 0 atom stereocenters. The summed E-state index contributed by atoms with van der Waals surface area (Å²) < 4.78 is 5.40. The van der Waals surface area contributed by atoms with Crippen LogP contribution in [0.1, 0.15) is 10.4 Å². The summed E-state index contributed by atoms with van der Waals surface area (Å²) in [5, 5.41) is 10.2. The van der Waals surface area contributed by atoms with Crippen LogP contribution < -0.4 is 0 Å². The van der Waals surface area contributed by atoms with Crippen LogP contribution >= 0.6 is 0 Å². The van der Waals surface area contributed by atoms with E-state index in [4.69, 9.17) is 4.74 Å². The number of benzene rings is 2. The first kappa shape index (κ1) is 14.8. The Labute approximate surface area is 130 Å². The highest BCUT2D eigenvalue weighted by Gasteiger charge is 2.15. The van der Waals surface area contributed by atoms with Crippen molar-refractivity contribution in [2.24, 2.45) is 0 Å². The Bertz CT molecular complexity index is 833. The maximum absolute atomic E-state index is 12.2. The molecule has 0 radical (unpaired) electrons. The van der Waals surface area contributed by atoms with Crippen molar-refractivity contribution in [3.8, 4) is 0 Å². The average Bonchev–Trinajstić information content (AvgIpc) is 2.94. The lowest BCUT2D eigenvalue weighted by Crippen LogP contribution is -2.22. The van der Waals surface area contributed by atoms with Crippen LogP contribution in [0.2, 0.25) is 25.7 Å². The van der Waals surface area contributed by atoms with Gasteiger partial charge in [-0.2, -0.15) is 5.10 Å². The van der Waals surface area contributed by atoms with Crippen molar-refractivity contribution in [1.82, 2.24) is 10.2 Å². The first-order valence-corrected chi connectivity index (χ1v) is 11.2. The quantitative estimate of drug-likeness (QED) is 0.580. The average molecular weight is 312 g/mol. The predicted molar refractivity (Wildman–Crippen MR) is 92.0 cm³/mol. The molecule has 0 saturated carbocycles. The van der Waals surface area contributed by atoms with E-state index in [9.17, 15) is 4.79 Å². The van der Waals surface area contributed by atoms with E-state index in [0.717, 1.165) is 27.7 Å². The number of nitrogens with zero attached hydrogens (tertiary/aromatic N) is 1. The van der Waals surface area contributed by atoms with Gasteiger partial charge in [-0.15, -0.1) is 0 Å². The minimum Gasteiger partial charge on any atom is -0.462 e. The molecule has 0 saturated heterocycles. The number of hydrogen-bond acceptors (Lipinski definition) is 3. The van der Waals surface area contributed by atoms with E-state index in [1.165, 1.54) is 0 Å². The first-order chi connectivity index (χ1) is 10.4. The zero-order valence-electron chi connectivity index (χ0n) is 13.1. The Kier molecular flexibility index (Phi) is 3.74. The van der Waals surface area contributed by atoms with Crippen molar-refractivity contribution >= 4 is 35.7 Å². The van der Waals surface area contributed by atoms with E-state index in [-0.39, 0.29) is 5.97 Å². The fraction of sp³-hybridized carbons (Fsp3) is 0.294. The largest absolute Gasteiger partial charge is 0.462 e. The molecule has 0 bridgehead atoms. The summed E-state index contributed by atoms with van der Waals surface area (Å²) in [6.07, 6.45) is 1.80. The molecule has 0 fully saturated rings. The number of ether oxygens (including phenoxy) is 1. The summed E-state index contributed by atoms with van der Waals surface area (Å²) in [6.45, 7) is 7.32. The SMILES string of the molecule is C[Si](C)(C)CCOC(=O)c1ccc2c(ccc3cn[nH]c32)c1. The molecule has 0 aliphatic carbocycles. The number of carbonyl (C=O) groups is 1. The number of H-pyrrole nitrogens is 1. The van der Waals surface area contributed by atoms with Crippen molar-refractivity contribution in [1.29, 1.82) is 0 Å². The molecular formula is C17H20N2O2Si. The highest BCUT2D eigenvalue weighted by molar-refractivity contribution is 6.76. The van der Waals surface area contributed by atoms with Gasteiger partial charge in [0.05, 0.1) is 23.9 Å². The number of carbonyl (C=O) groups excluding carboxylic acids is 1. The maximum atomic E-state index is 12.2. The number of aromatic nitrogens is 2. The van der Waals surface area contributed by atoms with Crippen LogP contribution in [0.5, 0.6) is 0 Å². The van der Waals surface area contributed by atoms with Gasteiger partial charge in [0.2, 0.25) is 0 Å². The third-order valence-electron chi connectivity index (χ3n) is 3.75. The molecular weight excluding hydrogens is 292 g/mol.